The molecule has 1 heterocycles. The summed E-state index contributed by atoms with van der Waals surface area (Å²) in [6.45, 7) is 11.8. The van der Waals surface area contributed by atoms with Crippen LogP contribution in [0.15, 0.2) is 5.38 Å². The van der Waals surface area contributed by atoms with Crippen molar-refractivity contribution in [1.82, 2.24) is 10.3 Å². The predicted octanol–water partition coefficient (Wildman–Crippen LogP) is 2.34. The molecule has 1 rings (SSSR count). The summed E-state index contributed by atoms with van der Waals surface area (Å²) < 4.78 is 0. The summed E-state index contributed by atoms with van der Waals surface area (Å²) in [5.74, 6) is 0. The van der Waals surface area contributed by atoms with E-state index in [0.29, 0.717) is 13.0 Å². The summed E-state index contributed by atoms with van der Waals surface area (Å²) in [6, 6.07) is 0. The topological polar surface area (TPSA) is 45.1 Å². The highest BCUT2D eigenvalue weighted by Crippen LogP contribution is 2.25. The molecule has 1 aromatic rings. The van der Waals surface area contributed by atoms with Crippen molar-refractivity contribution in [3.8, 4) is 0 Å². The molecule has 0 saturated heterocycles. The normalized spacial score (nSPS) is 15.9. The molecule has 0 fully saturated rings. The quantitative estimate of drug-likeness (QED) is 0.850. The predicted molar refractivity (Wildman–Crippen MR) is 73.7 cm³/mol. The average Bonchev–Trinajstić information content (AvgIpc) is 2.62. The molecule has 0 aliphatic carbocycles. The number of hydrogen-bond acceptors (Lipinski definition) is 4. The lowest BCUT2D eigenvalue weighted by atomic mass is 9.93. The van der Waals surface area contributed by atoms with Crippen LogP contribution in [0, 0.1) is 0 Å². The van der Waals surface area contributed by atoms with E-state index < -0.39 is 5.60 Å². The van der Waals surface area contributed by atoms with Gasteiger partial charge in [0.15, 0.2) is 0 Å². The van der Waals surface area contributed by atoms with Crippen LogP contribution in [-0.2, 0) is 11.8 Å². The highest BCUT2D eigenvalue weighted by Gasteiger charge is 2.24. The summed E-state index contributed by atoms with van der Waals surface area (Å²) in [5.41, 5.74) is 0.474. The molecule has 17 heavy (non-hydrogen) atoms. The number of rotatable bonds is 5. The Balaban J connectivity index is 2.66. The van der Waals surface area contributed by atoms with Gasteiger partial charge in [-0.15, -0.1) is 11.3 Å². The monoisotopic (exact) mass is 256 g/mol. The Morgan fingerprint density at radius 3 is 2.47 bits per heavy atom. The Kier molecular flexibility index (Phi) is 4.69. The smallest absolute Gasteiger partial charge is 0.0957 e. The fraction of sp³-hybridized carbons (Fsp3) is 0.769. The maximum absolute atomic E-state index is 10.2. The second-order valence-corrected chi connectivity index (χ2v) is 6.77. The van der Waals surface area contributed by atoms with Crippen molar-refractivity contribution in [2.24, 2.45) is 0 Å². The number of nitrogens with zero attached hydrogens (tertiary/aromatic N) is 1. The van der Waals surface area contributed by atoms with Crippen LogP contribution in [0.1, 0.15) is 45.3 Å². The zero-order chi connectivity index (χ0) is 13.1. The molecule has 2 N–H and O–H groups in total. The Morgan fingerprint density at radius 1 is 1.35 bits per heavy atom. The molecule has 98 valence electrons. The van der Waals surface area contributed by atoms with E-state index in [1.165, 1.54) is 0 Å². The zero-order valence-corrected chi connectivity index (χ0v) is 12.3. The SMILES string of the molecule is CCNCC(C)(O)Cc1nc(C(C)(C)C)cs1. The first-order valence-corrected chi connectivity index (χ1v) is 7.00. The fourth-order valence-corrected chi connectivity index (χ4v) is 2.72. The minimum Gasteiger partial charge on any atom is -0.388 e. The molecule has 4 heteroatoms. The summed E-state index contributed by atoms with van der Waals surface area (Å²) in [4.78, 5) is 4.61. The van der Waals surface area contributed by atoms with Crippen LogP contribution in [0.4, 0.5) is 0 Å². The van der Waals surface area contributed by atoms with Gasteiger partial charge in [-0.3, -0.25) is 0 Å². The minimum absolute atomic E-state index is 0.0856. The number of hydrogen-bond donors (Lipinski definition) is 2. The second-order valence-electron chi connectivity index (χ2n) is 5.83. The van der Waals surface area contributed by atoms with Gasteiger partial charge < -0.3 is 10.4 Å². The third-order valence-electron chi connectivity index (χ3n) is 2.61. The van der Waals surface area contributed by atoms with Crippen LogP contribution >= 0.6 is 11.3 Å². The Morgan fingerprint density at radius 2 is 2.00 bits per heavy atom. The standard InChI is InChI=1S/C13H24N2OS/c1-6-14-9-13(5,16)7-11-15-10(8-17-11)12(2,3)4/h8,14,16H,6-7,9H2,1-5H3. The van der Waals surface area contributed by atoms with Crippen LogP contribution in [0.25, 0.3) is 0 Å². The van der Waals surface area contributed by atoms with Gasteiger partial charge in [0.25, 0.3) is 0 Å². The van der Waals surface area contributed by atoms with Crippen LogP contribution in [-0.4, -0.2) is 28.8 Å². The average molecular weight is 256 g/mol. The first-order chi connectivity index (χ1) is 7.74. The van der Waals surface area contributed by atoms with E-state index in [2.05, 4.69) is 36.5 Å². The van der Waals surface area contributed by atoms with Gasteiger partial charge in [0.2, 0.25) is 0 Å². The molecule has 0 bridgehead atoms. The molecule has 0 aliphatic rings. The van der Waals surface area contributed by atoms with E-state index in [1.54, 1.807) is 11.3 Å². The van der Waals surface area contributed by atoms with Gasteiger partial charge in [0, 0.05) is 23.8 Å². The van der Waals surface area contributed by atoms with Crippen molar-refractivity contribution in [3.05, 3.63) is 16.1 Å². The molecule has 1 unspecified atom stereocenters. The van der Waals surface area contributed by atoms with Gasteiger partial charge in [-0.05, 0) is 13.5 Å². The van der Waals surface area contributed by atoms with Gasteiger partial charge >= 0.3 is 0 Å². The maximum Gasteiger partial charge on any atom is 0.0957 e. The Labute approximate surface area is 108 Å². The molecular formula is C13H24N2OS. The van der Waals surface area contributed by atoms with E-state index in [-0.39, 0.29) is 5.41 Å². The largest absolute Gasteiger partial charge is 0.388 e. The first kappa shape index (κ1) is 14.6. The zero-order valence-electron chi connectivity index (χ0n) is 11.5. The lowest BCUT2D eigenvalue weighted by molar-refractivity contribution is 0.0606. The summed E-state index contributed by atoms with van der Waals surface area (Å²) in [6.07, 6.45) is 0.612. The van der Waals surface area contributed by atoms with Gasteiger partial charge in [0.1, 0.15) is 0 Å². The molecule has 0 saturated carbocycles. The van der Waals surface area contributed by atoms with Crippen molar-refractivity contribution in [2.45, 2.75) is 52.1 Å². The molecule has 0 aromatic carbocycles. The Hall–Kier alpha value is -0.450. The van der Waals surface area contributed by atoms with Gasteiger partial charge in [-0.2, -0.15) is 0 Å². The third kappa shape index (κ3) is 4.74. The number of aromatic nitrogens is 1. The van der Waals surface area contributed by atoms with Crippen molar-refractivity contribution < 1.29 is 5.11 Å². The highest BCUT2D eigenvalue weighted by atomic mass is 32.1. The van der Waals surface area contributed by atoms with Crippen molar-refractivity contribution >= 4 is 11.3 Å². The Bertz CT molecular complexity index is 353. The van der Waals surface area contributed by atoms with Crippen LogP contribution in [0.2, 0.25) is 0 Å². The van der Waals surface area contributed by atoms with Crippen molar-refractivity contribution in [2.75, 3.05) is 13.1 Å². The maximum atomic E-state index is 10.2. The van der Waals surface area contributed by atoms with E-state index in [0.717, 1.165) is 17.2 Å². The molecule has 0 aliphatic heterocycles. The van der Waals surface area contributed by atoms with E-state index >= 15 is 0 Å². The molecule has 1 atom stereocenters. The van der Waals surface area contributed by atoms with Gasteiger partial charge in [0.05, 0.1) is 16.3 Å². The molecular weight excluding hydrogens is 232 g/mol. The molecule has 3 nitrogen and oxygen atoms in total. The van der Waals surface area contributed by atoms with Crippen LogP contribution < -0.4 is 5.32 Å². The molecule has 0 radical (unpaired) electrons. The minimum atomic E-state index is -0.719. The lowest BCUT2D eigenvalue weighted by Gasteiger charge is -2.22. The number of aliphatic hydroxyl groups is 1. The number of thiazole rings is 1. The summed E-state index contributed by atoms with van der Waals surface area (Å²) >= 11 is 1.64. The van der Waals surface area contributed by atoms with Gasteiger partial charge in [-0.1, -0.05) is 27.7 Å². The number of likely N-dealkylation sites (N-methyl/N-ethyl adjacent to an activating group) is 1. The van der Waals surface area contributed by atoms with E-state index in [1.807, 2.05) is 13.8 Å². The van der Waals surface area contributed by atoms with Gasteiger partial charge in [-0.25, -0.2) is 4.98 Å². The van der Waals surface area contributed by atoms with E-state index in [9.17, 15) is 5.11 Å². The summed E-state index contributed by atoms with van der Waals surface area (Å²) in [5, 5.41) is 16.5. The summed E-state index contributed by atoms with van der Waals surface area (Å²) in [7, 11) is 0. The van der Waals surface area contributed by atoms with Crippen molar-refractivity contribution in [1.29, 1.82) is 0 Å². The lowest BCUT2D eigenvalue weighted by Crippen LogP contribution is -2.39. The molecule has 1 aromatic heterocycles. The molecule has 0 amide bonds. The van der Waals surface area contributed by atoms with Crippen molar-refractivity contribution in [3.63, 3.8) is 0 Å². The fourth-order valence-electron chi connectivity index (χ4n) is 1.52. The second kappa shape index (κ2) is 5.46. The first-order valence-electron chi connectivity index (χ1n) is 6.12. The van der Waals surface area contributed by atoms with Crippen LogP contribution in [0.3, 0.4) is 0 Å². The number of nitrogens with one attached hydrogen (secondary N) is 1. The third-order valence-corrected chi connectivity index (χ3v) is 3.46. The van der Waals surface area contributed by atoms with E-state index in [4.69, 9.17) is 0 Å². The highest BCUT2D eigenvalue weighted by molar-refractivity contribution is 7.09. The molecule has 0 spiro atoms. The van der Waals surface area contributed by atoms with Crippen LogP contribution in [0.5, 0.6) is 0 Å².